The zero-order valence-corrected chi connectivity index (χ0v) is 17.1. The number of benzene rings is 2. The zero-order chi connectivity index (χ0) is 21.1. The van der Waals surface area contributed by atoms with Gasteiger partial charge >= 0.3 is 0 Å². The van der Waals surface area contributed by atoms with E-state index in [2.05, 4.69) is 27.5 Å². The van der Waals surface area contributed by atoms with Crippen LogP contribution in [0.2, 0.25) is 5.02 Å². The lowest BCUT2D eigenvalue weighted by molar-refractivity contribution is 0.0949. The van der Waals surface area contributed by atoms with Gasteiger partial charge in [0.15, 0.2) is 11.2 Å². The summed E-state index contributed by atoms with van der Waals surface area (Å²) in [4.78, 5) is 29.8. The minimum atomic E-state index is -0.360. The smallest absolute Gasteiger partial charge is 0.279 e. The van der Waals surface area contributed by atoms with Crippen molar-refractivity contribution in [1.29, 1.82) is 0 Å². The van der Waals surface area contributed by atoms with Crippen LogP contribution in [0.15, 0.2) is 65.7 Å². The van der Waals surface area contributed by atoms with E-state index in [9.17, 15) is 9.59 Å². The van der Waals surface area contributed by atoms with E-state index in [1.54, 1.807) is 31.3 Å². The van der Waals surface area contributed by atoms with Gasteiger partial charge < -0.3 is 9.88 Å². The molecule has 0 radical (unpaired) electrons. The van der Waals surface area contributed by atoms with Crippen molar-refractivity contribution in [2.75, 3.05) is 6.54 Å². The minimum Gasteiger partial charge on any atom is -0.351 e. The van der Waals surface area contributed by atoms with E-state index in [-0.39, 0.29) is 28.2 Å². The maximum absolute atomic E-state index is 12.8. The molecule has 30 heavy (non-hydrogen) atoms. The Bertz CT molecular complexity index is 1250. The predicted octanol–water partition coefficient (Wildman–Crippen LogP) is 3.14. The summed E-state index contributed by atoms with van der Waals surface area (Å²) in [6.45, 7) is 0.494. The third-order valence-corrected chi connectivity index (χ3v) is 5.05. The Morgan fingerprint density at radius 2 is 1.83 bits per heavy atom. The largest absolute Gasteiger partial charge is 0.351 e. The van der Waals surface area contributed by atoms with Crippen molar-refractivity contribution in [1.82, 2.24) is 24.6 Å². The van der Waals surface area contributed by atoms with E-state index in [4.69, 9.17) is 11.6 Å². The van der Waals surface area contributed by atoms with E-state index >= 15 is 0 Å². The summed E-state index contributed by atoms with van der Waals surface area (Å²) in [7, 11) is 1.61. The minimum absolute atomic E-state index is 0.123. The average molecular weight is 422 g/mol. The fourth-order valence-electron chi connectivity index (χ4n) is 3.23. The Hall–Kier alpha value is -3.45. The first-order valence-corrected chi connectivity index (χ1v) is 9.95. The second-order valence-electron chi connectivity index (χ2n) is 6.94. The van der Waals surface area contributed by atoms with Crippen molar-refractivity contribution in [3.63, 3.8) is 0 Å². The maximum atomic E-state index is 12.8. The number of amides is 1. The number of aromatic nitrogens is 4. The van der Waals surface area contributed by atoms with Gasteiger partial charge in [-0.25, -0.2) is 9.67 Å². The highest BCUT2D eigenvalue weighted by molar-refractivity contribution is 6.30. The highest BCUT2D eigenvalue weighted by atomic mass is 35.5. The topological polar surface area (TPSA) is 81.8 Å². The van der Waals surface area contributed by atoms with Crippen molar-refractivity contribution in [3.05, 3.63) is 87.6 Å². The molecule has 0 aliphatic rings. The van der Waals surface area contributed by atoms with Gasteiger partial charge in [-0.1, -0.05) is 41.9 Å². The third kappa shape index (κ3) is 3.97. The highest BCUT2D eigenvalue weighted by Crippen LogP contribution is 2.19. The van der Waals surface area contributed by atoms with E-state index in [1.165, 1.54) is 21.1 Å². The summed E-state index contributed by atoms with van der Waals surface area (Å²) in [5.41, 5.74) is 2.19. The number of aryl methyl sites for hydroxylation is 2. The summed E-state index contributed by atoms with van der Waals surface area (Å²) < 4.78 is 2.80. The molecule has 152 valence electrons. The molecule has 1 N–H and O–H groups in total. The van der Waals surface area contributed by atoms with Crippen LogP contribution in [0, 0.1) is 0 Å². The van der Waals surface area contributed by atoms with E-state index < -0.39 is 0 Å². The second-order valence-corrected chi connectivity index (χ2v) is 7.38. The Labute approximate surface area is 177 Å². The number of hydrogen-bond acceptors (Lipinski definition) is 4. The molecule has 0 bridgehead atoms. The lowest BCUT2D eigenvalue weighted by atomic mass is 10.1. The summed E-state index contributed by atoms with van der Waals surface area (Å²) in [5.74, 6) is -0.360. The van der Waals surface area contributed by atoms with Crippen molar-refractivity contribution in [2.24, 2.45) is 7.05 Å². The van der Waals surface area contributed by atoms with Crippen molar-refractivity contribution >= 4 is 28.5 Å². The lowest BCUT2D eigenvalue weighted by Crippen LogP contribution is -2.25. The van der Waals surface area contributed by atoms with Crippen molar-refractivity contribution in [2.45, 2.75) is 12.8 Å². The molecule has 8 heteroatoms. The SMILES string of the molecule is Cn1cnc2c(C(=O)NCCCc3ccccc3)nn(-c3ccc(Cl)cc3)c2c1=O. The molecule has 2 heterocycles. The van der Waals surface area contributed by atoms with Crippen molar-refractivity contribution < 1.29 is 4.79 Å². The van der Waals surface area contributed by atoms with Gasteiger partial charge in [0.25, 0.3) is 11.5 Å². The normalized spacial score (nSPS) is 11.0. The average Bonchev–Trinajstić information content (AvgIpc) is 3.15. The van der Waals surface area contributed by atoms with Gasteiger partial charge in [0.1, 0.15) is 5.52 Å². The number of carbonyl (C=O) groups excluding carboxylic acids is 1. The molecule has 0 atom stereocenters. The Kier molecular flexibility index (Phi) is 5.63. The van der Waals surface area contributed by atoms with Crippen molar-refractivity contribution in [3.8, 4) is 5.69 Å². The Morgan fingerprint density at radius 1 is 1.10 bits per heavy atom. The molecule has 1 amide bonds. The van der Waals surface area contributed by atoms with Gasteiger partial charge in [0.05, 0.1) is 12.0 Å². The summed E-state index contributed by atoms with van der Waals surface area (Å²) >= 11 is 5.97. The summed E-state index contributed by atoms with van der Waals surface area (Å²) in [6, 6.07) is 17.0. The van der Waals surface area contributed by atoms with Gasteiger partial charge in [-0.3, -0.25) is 9.59 Å². The number of hydrogen-bond donors (Lipinski definition) is 1. The van der Waals surface area contributed by atoms with Crippen LogP contribution in [-0.2, 0) is 13.5 Å². The molecule has 0 fully saturated rings. The molecule has 0 aliphatic heterocycles. The molecule has 0 aliphatic carbocycles. The predicted molar refractivity (Wildman–Crippen MR) is 116 cm³/mol. The number of carbonyl (C=O) groups is 1. The first kappa shape index (κ1) is 19.8. The number of nitrogens with one attached hydrogen (secondary N) is 1. The Balaban J connectivity index is 1.60. The molecule has 0 saturated heterocycles. The molecular weight excluding hydrogens is 402 g/mol. The molecule has 2 aromatic carbocycles. The fraction of sp³-hybridized carbons (Fsp3) is 0.182. The van der Waals surface area contributed by atoms with Gasteiger partial charge in [0.2, 0.25) is 0 Å². The maximum Gasteiger partial charge on any atom is 0.279 e. The van der Waals surface area contributed by atoms with Crippen LogP contribution in [0.25, 0.3) is 16.7 Å². The lowest BCUT2D eigenvalue weighted by Gasteiger charge is -2.04. The fourth-order valence-corrected chi connectivity index (χ4v) is 3.36. The first-order valence-electron chi connectivity index (χ1n) is 9.57. The number of rotatable bonds is 6. The molecule has 4 rings (SSSR count). The van der Waals surface area contributed by atoms with Crippen LogP contribution in [0.3, 0.4) is 0 Å². The number of halogens is 1. The summed E-state index contributed by atoms with van der Waals surface area (Å²) in [5, 5.41) is 7.87. The van der Waals surface area contributed by atoms with Gasteiger partial charge in [-0.15, -0.1) is 0 Å². The molecule has 7 nitrogen and oxygen atoms in total. The quantitative estimate of drug-likeness (QED) is 0.485. The standard InChI is InChI=1S/C22H20ClN5O2/c1-27-14-25-18-19(21(29)24-13-5-8-15-6-3-2-4-7-15)26-28(20(18)22(27)30)17-11-9-16(23)10-12-17/h2-4,6-7,9-12,14H,5,8,13H2,1H3,(H,24,29). The van der Waals surface area contributed by atoms with E-state index in [0.29, 0.717) is 17.3 Å². The van der Waals surface area contributed by atoms with Crippen LogP contribution >= 0.6 is 11.6 Å². The molecule has 2 aromatic heterocycles. The number of nitrogens with zero attached hydrogens (tertiary/aromatic N) is 4. The monoisotopic (exact) mass is 421 g/mol. The third-order valence-electron chi connectivity index (χ3n) is 4.80. The van der Waals surface area contributed by atoms with E-state index in [1.807, 2.05) is 18.2 Å². The van der Waals surface area contributed by atoms with Crippen LogP contribution in [0.1, 0.15) is 22.5 Å². The van der Waals surface area contributed by atoms with Gasteiger partial charge in [-0.05, 0) is 42.7 Å². The molecule has 0 saturated carbocycles. The Morgan fingerprint density at radius 3 is 2.57 bits per heavy atom. The van der Waals surface area contributed by atoms with Crippen LogP contribution in [0.4, 0.5) is 0 Å². The van der Waals surface area contributed by atoms with Crippen LogP contribution in [-0.4, -0.2) is 31.8 Å². The first-order chi connectivity index (χ1) is 14.5. The molecular formula is C22H20ClN5O2. The highest BCUT2D eigenvalue weighted by Gasteiger charge is 2.22. The number of fused-ring (bicyclic) bond motifs is 1. The summed E-state index contributed by atoms with van der Waals surface area (Å²) in [6.07, 6.45) is 3.05. The molecule has 0 unspecified atom stereocenters. The van der Waals surface area contributed by atoms with Crippen LogP contribution < -0.4 is 10.9 Å². The van der Waals surface area contributed by atoms with E-state index in [0.717, 1.165) is 12.8 Å². The van der Waals surface area contributed by atoms with Gasteiger partial charge in [-0.2, -0.15) is 5.10 Å². The van der Waals surface area contributed by atoms with Crippen LogP contribution in [0.5, 0.6) is 0 Å². The second kappa shape index (κ2) is 8.51. The molecule has 4 aromatic rings. The van der Waals surface area contributed by atoms with Gasteiger partial charge in [0, 0.05) is 18.6 Å². The zero-order valence-electron chi connectivity index (χ0n) is 16.4. The molecule has 0 spiro atoms.